The van der Waals surface area contributed by atoms with E-state index in [9.17, 15) is 0 Å². The van der Waals surface area contributed by atoms with Crippen LogP contribution in [0, 0.1) is 0 Å². The fourth-order valence-electron chi connectivity index (χ4n) is 2.33. The van der Waals surface area contributed by atoms with Crippen molar-refractivity contribution < 1.29 is 9.31 Å². The van der Waals surface area contributed by atoms with Gasteiger partial charge in [-0.05, 0) is 44.2 Å². The maximum Gasteiger partial charge on any atom is 0.496 e. The number of rotatable bonds is 3. The summed E-state index contributed by atoms with van der Waals surface area (Å²) in [6, 6.07) is 3.85. The average Bonchev–Trinajstić information content (AvgIpc) is 2.99. The van der Waals surface area contributed by atoms with Crippen LogP contribution in [0.4, 0.5) is 11.8 Å². The first-order valence-electron chi connectivity index (χ1n) is 7.49. The van der Waals surface area contributed by atoms with Crippen LogP contribution in [-0.2, 0) is 16.4 Å². The highest BCUT2D eigenvalue weighted by Crippen LogP contribution is 2.36. The van der Waals surface area contributed by atoms with Gasteiger partial charge in [0.15, 0.2) is 0 Å². The van der Waals surface area contributed by atoms with Crippen molar-refractivity contribution in [1.82, 2.24) is 25.2 Å². The van der Waals surface area contributed by atoms with Gasteiger partial charge in [0.25, 0.3) is 5.95 Å². The van der Waals surface area contributed by atoms with E-state index in [0.717, 1.165) is 11.3 Å². The van der Waals surface area contributed by atoms with Gasteiger partial charge in [-0.2, -0.15) is 0 Å². The molecule has 1 aliphatic rings. The minimum absolute atomic E-state index is 0.364. The number of aromatic nitrogens is 5. The molecule has 0 bridgehead atoms. The smallest absolute Gasteiger partial charge is 0.399 e. The molecular formula is C14H21BN6O2. The highest BCUT2D eigenvalue weighted by Gasteiger charge is 2.51. The fraction of sp³-hybridized carbons (Fsp3) is 0.571. The van der Waals surface area contributed by atoms with Crippen LogP contribution >= 0.6 is 0 Å². The predicted octanol–water partition coefficient (Wildman–Crippen LogP) is 0.672. The molecule has 122 valence electrons. The van der Waals surface area contributed by atoms with Crippen LogP contribution in [0.25, 0.3) is 0 Å². The molecule has 0 unspecified atom stereocenters. The molecule has 1 aliphatic heterocycles. The van der Waals surface area contributed by atoms with Gasteiger partial charge in [0.05, 0.1) is 11.2 Å². The number of hydrogen-bond acceptors (Lipinski definition) is 7. The number of pyridine rings is 1. The zero-order valence-electron chi connectivity index (χ0n) is 14.3. The van der Waals surface area contributed by atoms with Crippen LogP contribution in [0.3, 0.4) is 0 Å². The summed E-state index contributed by atoms with van der Waals surface area (Å²) in [5.74, 6) is 1.35. The van der Waals surface area contributed by atoms with Gasteiger partial charge in [0, 0.05) is 25.8 Å². The molecule has 0 spiro atoms. The Labute approximate surface area is 135 Å². The molecule has 0 radical (unpaired) electrons. The van der Waals surface area contributed by atoms with Gasteiger partial charge in [0.1, 0.15) is 5.82 Å². The number of aryl methyl sites for hydroxylation is 1. The Morgan fingerprint density at radius 2 is 1.78 bits per heavy atom. The second-order valence-corrected chi connectivity index (χ2v) is 6.70. The molecule has 23 heavy (non-hydrogen) atoms. The Kier molecular flexibility index (Phi) is 3.64. The van der Waals surface area contributed by atoms with Gasteiger partial charge in [-0.1, -0.05) is 11.2 Å². The summed E-state index contributed by atoms with van der Waals surface area (Å²) in [6.07, 6.45) is 1.76. The first kappa shape index (κ1) is 15.9. The molecule has 2 aromatic rings. The van der Waals surface area contributed by atoms with E-state index in [0.29, 0.717) is 5.95 Å². The zero-order valence-corrected chi connectivity index (χ0v) is 14.3. The summed E-state index contributed by atoms with van der Waals surface area (Å²) in [5, 5.41) is 11.4. The summed E-state index contributed by atoms with van der Waals surface area (Å²) < 4.78 is 13.6. The van der Waals surface area contributed by atoms with Crippen molar-refractivity contribution in [2.75, 3.05) is 11.9 Å². The van der Waals surface area contributed by atoms with Gasteiger partial charge in [-0.15, -0.1) is 0 Å². The van der Waals surface area contributed by atoms with E-state index in [4.69, 9.17) is 9.31 Å². The van der Waals surface area contributed by atoms with E-state index in [1.807, 2.05) is 51.8 Å². The monoisotopic (exact) mass is 316 g/mol. The topological polar surface area (TPSA) is 78.2 Å². The standard InChI is InChI=1S/C14H21BN6O2/c1-13(2)14(3,4)23-15(22-13)10-7-8-11(16-9-10)20(5)12-17-18-19-21(12)6/h7-9H,1-6H3. The van der Waals surface area contributed by atoms with Crippen LogP contribution in [0.1, 0.15) is 27.7 Å². The van der Waals surface area contributed by atoms with E-state index in [2.05, 4.69) is 20.5 Å². The highest BCUT2D eigenvalue weighted by atomic mass is 16.7. The van der Waals surface area contributed by atoms with Gasteiger partial charge < -0.3 is 9.31 Å². The Hall–Kier alpha value is -2.00. The Morgan fingerprint density at radius 1 is 1.13 bits per heavy atom. The van der Waals surface area contributed by atoms with Crippen molar-refractivity contribution in [1.29, 1.82) is 0 Å². The number of anilines is 2. The molecule has 0 aromatic carbocycles. The lowest BCUT2D eigenvalue weighted by atomic mass is 9.80. The maximum absolute atomic E-state index is 6.03. The first-order chi connectivity index (χ1) is 10.7. The van der Waals surface area contributed by atoms with E-state index < -0.39 is 7.12 Å². The van der Waals surface area contributed by atoms with Crippen molar-refractivity contribution in [2.45, 2.75) is 38.9 Å². The first-order valence-corrected chi connectivity index (χ1v) is 7.49. The normalized spacial score (nSPS) is 19.1. The van der Waals surface area contributed by atoms with Crippen LogP contribution < -0.4 is 10.4 Å². The molecule has 3 rings (SSSR count). The van der Waals surface area contributed by atoms with Crippen molar-refractivity contribution in [3.63, 3.8) is 0 Å². The lowest BCUT2D eigenvalue weighted by molar-refractivity contribution is 0.00578. The van der Waals surface area contributed by atoms with Gasteiger partial charge in [-0.3, -0.25) is 4.90 Å². The molecule has 0 saturated carbocycles. The Morgan fingerprint density at radius 3 is 2.26 bits per heavy atom. The maximum atomic E-state index is 6.03. The van der Waals surface area contributed by atoms with Crippen LogP contribution in [0.5, 0.6) is 0 Å². The van der Waals surface area contributed by atoms with Gasteiger partial charge in [-0.25, -0.2) is 9.67 Å². The second-order valence-electron chi connectivity index (χ2n) is 6.70. The summed E-state index contributed by atoms with van der Waals surface area (Å²) >= 11 is 0. The number of hydrogen-bond donors (Lipinski definition) is 0. The lowest BCUT2D eigenvalue weighted by Gasteiger charge is -2.32. The molecule has 0 N–H and O–H groups in total. The highest BCUT2D eigenvalue weighted by molar-refractivity contribution is 6.62. The van der Waals surface area contributed by atoms with Crippen molar-refractivity contribution in [2.24, 2.45) is 7.05 Å². The fourth-order valence-corrected chi connectivity index (χ4v) is 2.33. The SMILES string of the molecule is CN(c1ccc(B2OC(C)(C)C(C)(C)O2)cn1)c1nnnn1C. The van der Waals surface area contributed by atoms with Crippen molar-refractivity contribution >= 4 is 24.3 Å². The van der Waals surface area contributed by atoms with Crippen LogP contribution in [0.2, 0.25) is 0 Å². The average molecular weight is 316 g/mol. The predicted molar refractivity (Wildman–Crippen MR) is 86.8 cm³/mol. The molecule has 1 fully saturated rings. The molecule has 0 amide bonds. The molecule has 9 heteroatoms. The summed E-state index contributed by atoms with van der Waals surface area (Å²) in [4.78, 5) is 6.29. The molecule has 8 nitrogen and oxygen atoms in total. The zero-order chi connectivity index (χ0) is 16.8. The minimum atomic E-state index is -0.414. The summed E-state index contributed by atoms with van der Waals surface area (Å²) in [7, 11) is 3.23. The Balaban J connectivity index is 1.80. The molecule has 2 aromatic heterocycles. The third-order valence-corrected chi connectivity index (χ3v) is 4.54. The number of nitrogens with zero attached hydrogens (tertiary/aromatic N) is 6. The van der Waals surface area contributed by atoms with E-state index in [-0.39, 0.29) is 11.2 Å². The van der Waals surface area contributed by atoms with Crippen LogP contribution in [0.15, 0.2) is 18.3 Å². The molecule has 1 saturated heterocycles. The van der Waals surface area contributed by atoms with Gasteiger partial charge >= 0.3 is 7.12 Å². The third kappa shape index (κ3) is 2.70. The van der Waals surface area contributed by atoms with E-state index in [1.165, 1.54) is 0 Å². The molecular weight excluding hydrogens is 295 g/mol. The van der Waals surface area contributed by atoms with Gasteiger partial charge in [0.2, 0.25) is 0 Å². The third-order valence-electron chi connectivity index (χ3n) is 4.54. The van der Waals surface area contributed by atoms with Crippen molar-refractivity contribution in [3.05, 3.63) is 18.3 Å². The Bertz CT molecular complexity index is 684. The quantitative estimate of drug-likeness (QED) is 0.770. The molecule has 0 atom stereocenters. The second kappa shape index (κ2) is 5.28. The number of tetrazole rings is 1. The van der Waals surface area contributed by atoms with E-state index >= 15 is 0 Å². The molecule has 3 heterocycles. The van der Waals surface area contributed by atoms with Crippen LogP contribution in [-0.4, -0.2) is 50.6 Å². The van der Waals surface area contributed by atoms with Crippen molar-refractivity contribution in [3.8, 4) is 0 Å². The van der Waals surface area contributed by atoms with E-state index in [1.54, 1.807) is 17.9 Å². The minimum Gasteiger partial charge on any atom is -0.399 e. The summed E-state index contributed by atoms with van der Waals surface area (Å²) in [5.41, 5.74) is 0.159. The molecule has 0 aliphatic carbocycles. The summed E-state index contributed by atoms with van der Waals surface area (Å²) in [6.45, 7) is 8.13. The largest absolute Gasteiger partial charge is 0.496 e. The lowest BCUT2D eigenvalue weighted by Crippen LogP contribution is -2.41.